The zero-order valence-electron chi connectivity index (χ0n) is 18.5. The third-order valence-electron chi connectivity index (χ3n) is 6.58. The summed E-state index contributed by atoms with van der Waals surface area (Å²) >= 11 is 0. The molecule has 5 heteroatoms. The second-order valence-corrected chi connectivity index (χ2v) is 8.70. The fourth-order valence-corrected chi connectivity index (χ4v) is 4.80. The van der Waals surface area contributed by atoms with Crippen molar-refractivity contribution in [2.75, 3.05) is 32.8 Å². The van der Waals surface area contributed by atoms with Crippen molar-refractivity contribution in [2.24, 2.45) is 0 Å². The zero-order valence-corrected chi connectivity index (χ0v) is 18.5. The van der Waals surface area contributed by atoms with Gasteiger partial charge < -0.3 is 14.4 Å². The monoisotopic (exact) mass is 422 g/mol. The van der Waals surface area contributed by atoms with Gasteiger partial charge in [0, 0.05) is 25.2 Å². The molecule has 2 aromatic rings. The van der Waals surface area contributed by atoms with Gasteiger partial charge in [-0.25, -0.2) is 0 Å². The second kappa shape index (κ2) is 10.8. The van der Waals surface area contributed by atoms with Crippen LogP contribution in [0.3, 0.4) is 0 Å². The van der Waals surface area contributed by atoms with Crippen molar-refractivity contribution in [3.63, 3.8) is 0 Å². The normalized spacial score (nSPS) is 20.2. The lowest BCUT2D eigenvalue weighted by Gasteiger charge is -2.39. The molecular formula is C26H34N2O3. The molecule has 4 rings (SSSR count). The molecule has 0 radical (unpaired) electrons. The van der Waals surface area contributed by atoms with Crippen molar-refractivity contribution < 1.29 is 14.3 Å². The Morgan fingerprint density at radius 3 is 2.48 bits per heavy atom. The maximum absolute atomic E-state index is 12.6. The highest BCUT2D eigenvalue weighted by Gasteiger charge is 2.33. The zero-order chi connectivity index (χ0) is 21.5. The van der Waals surface area contributed by atoms with Crippen molar-refractivity contribution in [3.05, 3.63) is 65.7 Å². The van der Waals surface area contributed by atoms with Gasteiger partial charge in [0.25, 0.3) is 5.91 Å². The molecule has 31 heavy (non-hydrogen) atoms. The smallest absolute Gasteiger partial charge is 0.260 e. The van der Waals surface area contributed by atoms with E-state index in [0.717, 1.165) is 50.4 Å². The van der Waals surface area contributed by atoms with Crippen LogP contribution in [0.25, 0.3) is 0 Å². The Bertz CT molecular complexity index is 834. The van der Waals surface area contributed by atoms with Crippen LogP contribution in [-0.4, -0.2) is 60.6 Å². The number of para-hydroxylation sites is 1. The van der Waals surface area contributed by atoms with Crippen LogP contribution in [-0.2, 0) is 16.1 Å². The number of nitrogens with zero attached hydrogens (tertiary/aromatic N) is 2. The van der Waals surface area contributed by atoms with E-state index in [0.29, 0.717) is 18.7 Å². The average Bonchev–Trinajstić information content (AvgIpc) is 3.28. The van der Waals surface area contributed by atoms with Gasteiger partial charge >= 0.3 is 0 Å². The van der Waals surface area contributed by atoms with Gasteiger partial charge in [-0.15, -0.1) is 0 Å². The summed E-state index contributed by atoms with van der Waals surface area (Å²) in [5, 5.41) is 0. The molecule has 0 aromatic heterocycles. The van der Waals surface area contributed by atoms with Crippen LogP contribution in [0.5, 0.6) is 5.75 Å². The number of piperidine rings is 1. The lowest BCUT2D eigenvalue weighted by molar-refractivity contribution is -0.135. The minimum absolute atomic E-state index is 0.0888. The van der Waals surface area contributed by atoms with E-state index in [4.69, 9.17) is 9.47 Å². The summed E-state index contributed by atoms with van der Waals surface area (Å²) in [5.74, 6) is 0.881. The second-order valence-electron chi connectivity index (χ2n) is 8.70. The molecule has 0 spiro atoms. The van der Waals surface area contributed by atoms with Crippen LogP contribution in [0, 0.1) is 6.92 Å². The molecule has 2 aromatic carbocycles. The SMILES string of the molecule is Cc1ccccc1OCC(=O)N1CCC(N2CCC[C@H]2COCc2ccccc2)CC1. The molecule has 2 aliphatic rings. The molecule has 0 unspecified atom stereocenters. The number of carbonyl (C=O) groups excluding carboxylic acids is 1. The Morgan fingerprint density at radius 1 is 0.968 bits per heavy atom. The minimum atomic E-state index is 0.0888. The van der Waals surface area contributed by atoms with Crippen LogP contribution < -0.4 is 4.74 Å². The van der Waals surface area contributed by atoms with Gasteiger partial charge in [0.1, 0.15) is 5.75 Å². The first-order valence-electron chi connectivity index (χ1n) is 11.5. The number of amides is 1. The molecule has 0 bridgehead atoms. The number of likely N-dealkylation sites (tertiary alicyclic amines) is 2. The maximum atomic E-state index is 12.6. The van der Waals surface area contributed by atoms with Crippen LogP contribution >= 0.6 is 0 Å². The molecule has 166 valence electrons. The molecule has 2 heterocycles. The lowest BCUT2D eigenvalue weighted by Crippen LogP contribution is -2.49. The highest BCUT2D eigenvalue weighted by atomic mass is 16.5. The van der Waals surface area contributed by atoms with Gasteiger partial charge in [-0.05, 0) is 56.3 Å². The molecule has 5 nitrogen and oxygen atoms in total. The van der Waals surface area contributed by atoms with Gasteiger partial charge in [0.15, 0.2) is 6.61 Å². The number of hydrogen-bond donors (Lipinski definition) is 0. The van der Waals surface area contributed by atoms with Crippen LogP contribution in [0.4, 0.5) is 0 Å². The lowest BCUT2D eigenvalue weighted by atomic mass is 10.0. The van der Waals surface area contributed by atoms with Crippen LogP contribution in [0.15, 0.2) is 54.6 Å². The number of benzene rings is 2. The summed E-state index contributed by atoms with van der Waals surface area (Å²) in [7, 11) is 0. The van der Waals surface area contributed by atoms with Crippen LogP contribution in [0.1, 0.15) is 36.8 Å². The van der Waals surface area contributed by atoms with E-state index in [1.807, 2.05) is 42.2 Å². The Morgan fingerprint density at radius 2 is 1.71 bits per heavy atom. The number of aryl methyl sites for hydroxylation is 1. The first kappa shape index (κ1) is 21.8. The first-order valence-corrected chi connectivity index (χ1v) is 11.5. The highest BCUT2D eigenvalue weighted by molar-refractivity contribution is 5.77. The molecule has 0 aliphatic carbocycles. The van der Waals surface area contributed by atoms with Crippen molar-refractivity contribution in [1.82, 2.24) is 9.80 Å². The van der Waals surface area contributed by atoms with E-state index in [1.165, 1.54) is 18.4 Å². The van der Waals surface area contributed by atoms with Gasteiger partial charge in [-0.2, -0.15) is 0 Å². The number of rotatable bonds is 8. The summed E-state index contributed by atoms with van der Waals surface area (Å²) in [5.41, 5.74) is 2.29. The Balaban J connectivity index is 1.20. The van der Waals surface area contributed by atoms with E-state index in [1.54, 1.807) is 0 Å². The van der Waals surface area contributed by atoms with E-state index < -0.39 is 0 Å². The molecule has 2 saturated heterocycles. The summed E-state index contributed by atoms with van der Waals surface area (Å²) in [6, 6.07) is 19.3. The Kier molecular flexibility index (Phi) is 7.60. The molecule has 1 atom stereocenters. The number of carbonyl (C=O) groups is 1. The Labute approximate surface area is 185 Å². The molecular weight excluding hydrogens is 388 g/mol. The fourth-order valence-electron chi connectivity index (χ4n) is 4.80. The average molecular weight is 423 g/mol. The molecule has 2 aliphatic heterocycles. The topological polar surface area (TPSA) is 42.0 Å². The maximum Gasteiger partial charge on any atom is 0.260 e. The summed E-state index contributed by atoms with van der Waals surface area (Å²) < 4.78 is 11.8. The molecule has 0 saturated carbocycles. The quantitative estimate of drug-likeness (QED) is 0.644. The highest BCUT2D eigenvalue weighted by Crippen LogP contribution is 2.26. The number of ether oxygens (including phenoxy) is 2. The largest absolute Gasteiger partial charge is 0.484 e. The summed E-state index contributed by atoms with van der Waals surface area (Å²) in [6.45, 7) is 6.37. The van der Waals surface area contributed by atoms with Crippen molar-refractivity contribution >= 4 is 5.91 Å². The molecule has 1 amide bonds. The summed E-state index contributed by atoms with van der Waals surface area (Å²) in [6.07, 6.45) is 4.51. The van der Waals surface area contributed by atoms with Gasteiger partial charge in [-0.1, -0.05) is 48.5 Å². The fraction of sp³-hybridized carbons (Fsp3) is 0.500. The molecule has 2 fully saturated rings. The predicted octanol–water partition coefficient (Wildman–Crippen LogP) is 4.05. The van der Waals surface area contributed by atoms with Crippen molar-refractivity contribution in [1.29, 1.82) is 0 Å². The van der Waals surface area contributed by atoms with Gasteiger partial charge in [0.05, 0.1) is 13.2 Å². The van der Waals surface area contributed by atoms with Gasteiger partial charge in [0.2, 0.25) is 0 Å². The van der Waals surface area contributed by atoms with E-state index in [9.17, 15) is 4.79 Å². The standard InChI is InChI=1S/C26H34N2O3/c1-21-8-5-6-12-25(21)31-20-26(29)27-16-13-23(14-17-27)28-15-7-11-24(28)19-30-18-22-9-3-2-4-10-22/h2-6,8-10,12,23-24H,7,11,13-20H2,1H3/t24-/m0/s1. The van der Waals surface area contributed by atoms with Gasteiger partial charge in [-0.3, -0.25) is 9.69 Å². The van der Waals surface area contributed by atoms with E-state index in [2.05, 4.69) is 29.2 Å². The van der Waals surface area contributed by atoms with Crippen molar-refractivity contribution in [2.45, 2.75) is 51.3 Å². The third kappa shape index (κ3) is 5.86. The van der Waals surface area contributed by atoms with Crippen molar-refractivity contribution in [3.8, 4) is 5.75 Å². The predicted molar refractivity (Wildman–Crippen MR) is 122 cm³/mol. The Hall–Kier alpha value is -2.37. The first-order chi connectivity index (χ1) is 15.2. The third-order valence-corrected chi connectivity index (χ3v) is 6.58. The minimum Gasteiger partial charge on any atom is -0.484 e. The van der Waals surface area contributed by atoms with E-state index in [-0.39, 0.29) is 12.5 Å². The van der Waals surface area contributed by atoms with Crippen LogP contribution in [0.2, 0.25) is 0 Å². The molecule has 0 N–H and O–H groups in total. The summed E-state index contributed by atoms with van der Waals surface area (Å²) in [4.78, 5) is 17.2. The van der Waals surface area contributed by atoms with E-state index >= 15 is 0 Å². The number of hydrogen-bond acceptors (Lipinski definition) is 4.